The molecule has 1 aromatic heterocycles. The number of hydrogen-bond donors (Lipinski definition) is 1. The summed E-state index contributed by atoms with van der Waals surface area (Å²) in [4.78, 5) is 4.48. The fourth-order valence-corrected chi connectivity index (χ4v) is 3.50. The first kappa shape index (κ1) is 10.5. The number of rotatable bonds is 4. The third-order valence-corrected chi connectivity index (χ3v) is 4.64. The second kappa shape index (κ2) is 4.30. The van der Waals surface area contributed by atoms with Gasteiger partial charge in [0.1, 0.15) is 0 Å². The molecule has 2 nitrogen and oxygen atoms in total. The molecule has 3 rings (SSSR count). The molecule has 1 heterocycles. The van der Waals surface area contributed by atoms with E-state index < -0.39 is 0 Å². The molecule has 0 radical (unpaired) electrons. The maximum atomic E-state index is 4.48. The topological polar surface area (TPSA) is 24.9 Å². The van der Waals surface area contributed by atoms with Crippen LogP contribution in [0.15, 0.2) is 17.5 Å². The predicted molar refractivity (Wildman–Crippen MR) is 67.7 cm³/mol. The van der Waals surface area contributed by atoms with Gasteiger partial charge in [-0.05, 0) is 31.6 Å². The molecule has 2 aliphatic rings. The van der Waals surface area contributed by atoms with Crippen LogP contribution in [0.2, 0.25) is 0 Å². The maximum absolute atomic E-state index is 4.48. The Balaban J connectivity index is 1.42. The van der Waals surface area contributed by atoms with Crippen molar-refractivity contribution in [3.05, 3.63) is 28.2 Å². The zero-order valence-electron chi connectivity index (χ0n) is 9.65. The summed E-state index contributed by atoms with van der Waals surface area (Å²) in [7, 11) is 0. The Morgan fingerprint density at radius 1 is 1.56 bits per heavy atom. The second-order valence-corrected chi connectivity index (χ2v) is 5.97. The molecule has 3 heteroatoms. The highest BCUT2D eigenvalue weighted by Gasteiger charge is 2.40. The van der Waals surface area contributed by atoms with Crippen LogP contribution < -0.4 is 5.32 Å². The van der Waals surface area contributed by atoms with E-state index in [-0.39, 0.29) is 0 Å². The monoisotopic (exact) mass is 234 g/mol. The van der Waals surface area contributed by atoms with Gasteiger partial charge in [-0.1, -0.05) is 12.2 Å². The first-order chi connectivity index (χ1) is 7.83. The SMILES string of the molecule is Cc1nc(CCNC2CC3CC=CC32)cs1. The molecule has 1 aromatic rings. The van der Waals surface area contributed by atoms with Crippen LogP contribution in [0.5, 0.6) is 0 Å². The number of allylic oxidation sites excluding steroid dienone is 1. The molecule has 0 spiro atoms. The molecule has 3 unspecified atom stereocenters. The highest BCUT2D eigenvalue weighted by Crippen LogP contribution is 2.42. The lowest BCUT2D eigenvalue weighted by Gasteiger charge is -2.40. The predicted octanol–water partition coefficient (Wildman–Crippen LogP) is 2.55. The molecule has 86 valence electrons. The van der Waals surface area contributed by atoms with E-state index in [9.17, 15) is 0 Å². The van der Waals surface area contributed by atoms with Gasteiger partial charge in [-0.2, -0.15) is 0 Å². The van der Waals surface area contributed by atoms with Gasteiger partial charge in [0.2, 0.25) is 0 Å². The number of nitrogens with one attached hydrogen (secondary N) is 1. The van der Waals surface area contributed by atoms with E-state index in [0.29, 0.717) is 0 Å². The average molecular weight is 234 g/mol. The summed E-state index contributed by atoms with van der Waals surface area (Å²) in [6, 6.07) is 0.739. The van der Waals surface area contributed by atoms with Crippen LogP contribution in [0.25, 0.3) is 0 Å². The van der Waals surface area contributed by atoms with Crippen molar-refractivity contribution in [3.63, 3.8) is 0 Å². The number of thiazole rings is 1. The van der Waals surface area contributed by atoms with Crippen molar-refractivity contribution >= 4 is 11.3 Å². The van der Waals surface area contributed by atoms with Crippen molar-refractivity contribution in [2.24, 2.45) is 11.8 Å². The van der Waals surface area contributed by atoms with Gasteiger partial charge in [0.25, 0.3) is 0 Å². The lowest BCUT2D eigenvalue weighted by Crippen LogP contribution is -2.48. The molecule has 16 heavy (non-hydrogen) atoms. The number of nitrogens with zero attached hydrogens (tertiary/aromatic N) is 1. The summed E-state index contributed by atoms with van der Waals surface area (Å²) >= 11 is 1.75. The van der Waals surface area contributed by atoms with Crippen molar-refractivity contribution in [2.45, 2.75) is 32.2 Å². The summed E-state index contributed by atoms with van der Waals surface area (Å²) in [6.45, 7) is 3.15. The summed E-state index contributed by atoms with van der Waals surface area (Å²) in [5.74, 6) is 1.79. The molecule has 1 saturated carbocycles. The van der Waals surface area contributed by atoms with Gasteiger partial charge in [0, 0.05) is 24.4 Å². The molecule has 0 bridgehead atoms. The van der Waals surface area contributed by atoms with Crippen LogP contribution in [0.1, 0.15) is 23.5 Å². The molecule has 0 amide bonds. The third-order valence-electron chi connectivity index (χ3n) is 3.82. The number of hydrogen-bond acceptors (Lipinski definition) is 3. The highest BCUT2D eigenvalue weighted by atomic mass is 32.1. The molecule has 2 aliphatic carbocycles. The molecule has 0 aromatic carbocycles. The van der Waals surface area contributed by atoms with Gasteiger partial charge in [-0.15, -0.1) is 11.3 Å². The lowest BCUT2D eigenvalue weighted by atomic mass is 9.71. The van der Waals surface area contributed by atoms with Crippen LogP contribution in [0.4, 0.5) is 0 Å². The van der Waals surface area contributed by atoms with Crippen LogP contribution in [0, 0.1) is 18.8 Å². The van der Waals surface area contributed by atoms with Crippen molar-refractivity contribution in [1.82, 2.24) is 10.3 Å². The van der Waals surface area contributed by atoms with Crippen molar-refractivity contribution in [1.29, 1.82) is 0 Å². The minimum Gasteiger partial charge on any atom is -0.313 e. The first-order valence-electron chi connectivity index (χ1n) is 6.14. The van der Waals surface area contributed by atoms with E-state index >= 15 is 0 Å². The molecular weight excluding hydrogens is 216 g/mol. The largest absolute Gasteiger partial charge is 0.313 e. The van der Waals surface area contributed by atoms with Gasteiger partial charge in [-0.3, -0.25) is 0 Å². The van der Waals surface area contributed by atoms with Crippen LogP contribution >= 0.6 is 11.3 Å². The fourth-order valence-electron chi connectivity index (χ4n) is 2.86. The Morgan fingerprint density at radius 3 is 3.25 bits per heavy atom. The number of fused-ring (bicyclic) bond motifs is 1. The van der Waals surface area contributed by atoms with Crippen LogP contribution in [0.3, 0.4) is 0 Å². The average Bonchev–Trinajstić information content (AvgIpc) is 2.80. The molecule has 0 saturated heterocycles. The quantitative estimate of drug-likeness (QED) is 0.810. The summed E-state index contributed by atoms with van der Waals surface area (Å²) in [6.07, 6.45) is 8.50. The van der Waals surface area contributed by atoms with E-state index in [1.54, 1.807) is 11.3 Å². The van der Waals surface area contributed by atoms with E-state index in [4.69, 9.17) is 0 Å². The Hall–Kier alpha value is -0.670. The van der Waals surface area contributed by atoms with Crippen molar-refractivity contribution in [3.8, 4) is 0 Å². The standard InChI is InChI=1S/C13H18N2S/c1-9-15-11(8-16-9)5-6-14-13-7-10-3-2-4-12(10)13/h2,4,8,10,12-14H,3,5-7H2,1H3. The van der Waals surface area contributed by atoms with Gasteiger partial charge < -0.3 is 5.32 Å². The lowest BCUT2D eigenvalue weighted by molar-refractivity contribution is 0.164. The minimum atomic E-state index is 0.739. The second-order valence-electron chi connectivity index (χ2n) is 4.91. The van der Waals surface area contributed by atoms with Crippen molar-refractivity contribution < 1.29 is 0 Å². The van der Waals surface area contributed by atoms with Gasteiger partial charge in [0.05, 0.1) is 10.7 Å². The van der Waals surface area contributed by atoms with Crippen LogP contribution in [-0.2, 0) is 6.42 Å². The Morgan fingerprint density at radius 2 is 2.50 bits per heavy atom. The molecule has 1 N–H and O–H groups in total. The van der Waals surface area contributed by atoms with Gasteiger partial charge in [0.15, 0.2) is 0 Å². The highest BCUT2D eigenvalue weighted by molar-refractivity contribution is 7.09. The first-order valence-corrected chi connectivity index (χ1v) is 7.02. The van der Waals surface area contributed by atoms with E-state index in [1.165, 1.54) is 23.5 Å². The normalized spacial score (nSPS) is 31.4. The van der Waals surface area contributed by atoms with E-state index in [0.717, 1.165) is 30.8 Å². The van der Waals surface area contributed by atoms with E-state index in [2.05, 4.69) is 34.8 Å². The van der Waals surface area contributed by atoms with Crippen LogP contribution in [-0.4, -0.2) is 17.6 Å². The van der Waals surface area contributed by atoms with E-state index in [1.807, 2.05) is 0 Å². The zero-order valence-corrected chi connectivity index (χ0v) is 10.5. The summed E-state index contributed by atoms with van der Waals surface area (Å²) in [5.41, 5.74) is 1.24. The summed E-state index contributed by atoms with van der Waals surface area (Å²) < 4.78 is 0. The number of aryl methyl sites for hydroxylation is 1. The molecule has 1 fully saturated rings. The molecule has 3 atom stereocenters. The Labute approximate surface area is 101 Å². The van der Waals surface area contributed by atoms with Gasteiger partial charge in [-0.25, -0.2) is 4.98 Å². The Bertz CT molecular complexity index is 396. The Kier molecular flexibility index (Phi) is 2.82. The zero-order chi connectivity index (χ0) is 11.0. The van der Waals surface area contributed by atoms with Crippen molar-refractivity contribution in [2.75, 3.05) is 6.54 Å². The van der Waals surface area contributed by atoms with Gasteiger partial charge >= 0.3 is 0 Å². The minimum absolute atomic E-state index is 0.739. The fraction of sp³-hybridized carbons (Fsp3) is 0.615. The molecule has 0 aliphatic heterocycles. The smallest absolute Gasteiger partial charge is 0.0897 e. The maximum Gasteiger partial charge on any atom is 0.0897 e. The third kappa shape index (κ3) is 1.94. The number of aromatic nitrogens is 1. The summed E-state index contributed by atoms with van der Waals surface area (Å²) in [5, 5.41) is 7.02. The molecular formula is C13H18N2S.